The summed E-state index contributed by atoms with van der Waals surface area (Å²) < 4.78 is 17.1. The standard InChI is InChI=1S/C15H23NO3/c1-6-15(2)9-11(16-3)10-7-8-12(17-4)14(18-5)13(10)19-15/h7-8,11,16H,6,9H2,1-5H3. The molecule has 2 rings (SSSR count). The molecule has 19 heavy (non-hydrogen) atoms. The number of benzene rings is 1. The lowest BCUT2D eigenvalue weighted by molar-refractivity contribution is 0.0418. The summed E-state index contributed by atoms with van der Waals surface area (Å²) in [6.07, 6.45) is 1.90. The predicted octanol–water partition coefficient (Wildman–Crippen LogP) is 2.92. The Labute approximate surface area is 115 Å². The van der Waals surface area contributed by atoms with Crippen LogP contribution in [0.5, 0.6) is 17.2 Å². The first-order valence-corrected chi connectivity index (χ1v) is 6.69. The van der Waals surface area contributed by atoms with Crippen molar-refractivity contribution in [3.05, 3.63) is 17.7 Å². The van der Waals surface area contributed by atoms with Gasteiger partial charge in [0.25, 0.3) is 0 Å². The molecule has 1 N–H and O–H groups in total. The third kappa shape index (κ3) is 2.37. The SMILES string of the molecule is CCC1(C)CC(NC)c2ccc(OC)c(OC)c2O1. The van der Waals surface area contributed by atoms with E-state index in [1.807, 2.05) is 19.2 Å². The van der Waals surface area contributed by atoms with E-state index in [-0.39, 0.29) is 11.6 Å². The predicted molar refractivity (Wildman–Crippen MR) is 75.3 cm³/mol. The highest BCUT2D eigenvalue weighted by Gasteiger charge is 2.37. The van der Waals surface area contributed by atoms with E-state index in [0.717, 1.165) is 24.2 Å². The molecule has 0 radical (unpaired) electrons. The van der Waals surface area contributed by atoms with E-state index < -0.39 is 0 Å². The maximum atomic E-state index is 6.22. The van der Waals surface area contributed by atoms with Gasteiger partial charge < -0.3 is 19.5 Å². The van der Waals surface area contributed by atoms with Crippen molar-refractivity contribution in [3.8, 4) is 17.2 Å². The van der Waals surface area contributed by atoms with Crippen molar-refractivity contribution < 1.29 is 14.2 Å². The average Bonchev–Trinajstić information content (AvgIpc) is 2.44. The molecule has 1 aromatic carbocycles. The zero-order chi connectivity index (χ0) is 14.0. The number of rotatable bonds is 4. The van der Waals surface area contributed by atoms with Crippen molar-refractivity contribution in [1.29, 1.82) is 0 Å². The Kier molecular flexibility index (Phi) is 3.90. The number of ether oxygens (including phenoxy) is 3. The first-order valence-electron chi connectivity index (χ1n) is 6.69. The number of nitrogens with one attached hydrogen (secondary N) is 1. The molecule has 0 amide bonds. The summed E-state index contributed by atoms with van der Waals surface area (Å²) in [5, 5.41) is 3.36. The molecule has 0 aliphatic carbocycles. The van der Waals surface area contributed by atoms with E-state index in [2.05, 4.69) is 19.2 Å². The molecule has 4 heteroatoms. The van der Waals surface area contributed by atoms with Crippen LogP contribution in [-0.4, -0.2) is 26.9 Å². The lowest BCUT2D eigenvalue weighted by Gasteiger charge is -2.40. The molecule has 1 heterocycles. The third-order valence-corrected chi connectivity index (χ3v) is 3.99. The highest BCUT2D eigenvalue weighted by atomic mass is 16.5. The van der Waals surface area contributed by atoms with Crippen LogP contribution in [0.4, 0.5) is 0 Å². The van der Waals surface area contributed by atoms with Gasteiger partial charge in [0.15, 0.2) is 11.5 Å². The van der Waals surface area contributed by atoms with Crippen molar-refractivity contribution in [3.63, 3.8) is 0 Å². The molecule has 1 aliphatic heterocycles. The third-order valence-electron chi connectivity index (χ3n) is 3.99. The Bertz CT molecular complexity index is 461. The van der Waals surface area contributed by atoms with Crippen LogP contribution < -0.4 is 19.5 Å². The molecular formula is C15H23NO3. The molecule has 4 nitrogen and oxygen atoms in total. The van der Waals surface area contributed by atoms with Gasteiger partial charge in [-0.2, -0.15) is 0 Å². The molecule has 0 aromatic heterocycles. The van der Waals surface area contributed by atoms with Crippen LogP contribution in [0.15, 0.2) is 12.1 Å². The fourth-order valence-electron chi connectivity index (χ4n) is 2.60. The van der Waals surface area contributed by atoms with Crippen LogP contribution in [0.3, 0.4) is 0 Å². The molecule has 0 bridgehead atoms. The molecule has 0 saturated carbocycles. The summed E-state index contributed by atoms with van der Waals surface area (Å²) in [4.78, 5) is 0. The van der Waals surface area contributed by atoms with Crippen molar-refractivity contribution >= 4 is 0 Å². The van der Waals surface area contributed by atoms with Gasteiger partial charge in [-0.05, 0) is 32.5 Å². The second-order valence-electron chi connectivity index (χ2n) is 5.17. The second kappa shape index (κ2) is 5.29. The minimum absolute atomic E-state index is 0.180. The van der Waals surface area contributed by atoms with E-state index in [9.17, 15) is 0 Å². The summed E-state index contributed by atoms with van der Waals surface area (Å²) in [7, 11) is 5.27. The molecule has 2 atom stereocenters. The van der Waals surface area contributed by atoms with Gasteiger partial charge in [-0.25, -0.2) is 0 Å². The minimum Gasteiger partial charge on any atom is -0.493 e. The van der Waals surface area contributed by atoms with Gasteiger partial charge in [-0.15, -0.1) is 0 Å². The molecule has 0 saturated heterocycles. The minimum atomic E-state index is -0.180. The number of fused-ring (bicyclic) bond motifs is 1. The maximum Gasteiger partial charge on any atom is 0.203 e. The molecule has 1 aliphatic rings. The summed E-state index contributed by atoms with van der Waals surface area (Å²) in [6.45, 7) is 4.28. The summed E-state index contributed by atoms with van der Waals surface area (Å²) in [6, 6.07) is 4.25. The van der Waals surface area contributed by atoms with Gasteiger partial charge >= 0.3 is 0 Å². The Balaban J connectivity index is 2.55. The van der Waals surface area contributed by atoms with E-state index in [0.29, 0.717) is 11.5 Å². The first-order chi connectivity index (χ1) is 9.08. The molecular weight excluding hydrogens is 242 g/mol. The molecule has 0 spiro atoms. The quantitative estimate of drug-likeness (QED) is 0.908. The van der Waals surface area contributed by atoms with Gasteiger partial charge in [-0.3, -0.25) is 0 Å². The van der Waals surface area contributed by atoms with E-state index >= 15 is 0 Å². The Hall–Kier alpha value is -1.42. The van der Waals surface area contributed by atoms with Gasteiger partial charge in [0.05, 0.1) is 14.2 Å². The van der Waals surface area contributed by atoms with Crippen LogP contribution in [0, 0.1) is 0 Å². The molecule has 1 aromatic rings. The van der Waals surface area contributed by atoms with E-state index in [1.165, 1.54) is 0 Å². The Morgan fingerprint density at radius 2 is 2.11 bits per heavy atom. The largest absolute Gasteiger partial charge is 0.493 e. The zero-order valence-corrected chi connectivity index (χ0v) is 12.4. The lowest BCUT2D eigenvalue weighted by Crippen LogP contribution is -2.40. The monoisotopic (exact) mass is 265 g/mol. The highest BCUT2D eigenvalue weighted by Crippen LogP contribution is 2.49. The fraction of sp³-hybridized carbons (Fsp3) is 0.600. The van der Waals surface area contributed by atoms with Gasteiger partial charge in [0, 0.05) is 18.0 Å². The van der Waals surface area contributed by atoms with Crippen molar-refractivity contribution in [2.45, 2.75) is 38.3 Å². The fourth-order valence-corrected chi connectivity index (χ4v) is 2.60. The van der Waals surface area contributed by atoms with Gasteiger partial charge in [0.1, 0.15) is 5.60 Å². The molecule has 106 valence electrons. The highest BCUT2D eigenvalue weighted by molar-refractivity contribution is 5.57. The van der Waals surface area contributed by atoms with E-state index in [1.54, 1.807) is 14.2 Å². The summed E-state index contributed by atoms with van der Waals surface area (Å²) >= 11 is 0. The summed E-state index contributed by atoms with van der Waals surface area (Å²) in [5.41, 5.74) is 0.950. The van der Waals surface area contributed by atoms with Crippen LogP contribution >= 0.6 is 0 Å². The lowest BCUT2D eigenvalue weighted by atomic mass is 9.86. The van der Waals surface area contributed by atoms with Gasteiger partial charge in [-0.1, -0.05) is 6.92 Å². The maximum absolute atomic E-state index is 6.22. The van der Waals surface area contributed by atoms with Crippen LogP contribution in [0.2, 0.25) is 0 Å². The average molecular weight is 265 g/mol. The van der Waals surface area contributed by atoms with Crippen molar-refractivity contribution in [2.75, 3.05) is 21.3 Å². The van der Waals surface area contributed by atoms with Gasteiger partial charge in [0.2, 0.25) is 5.75 Å². The number of hydrogen-bond acceptors (Lipinski definition) is 4. The van der Waals surface area contributed by atoms with E-state index in [4.69, 9.17) is 14.2 Å². The first kappa shape index (κ1) is 14.0. The molecule has 2 unspecified atom stereocenters. The smallest absolute Gasteiger partial charge is 0.203 e. The number of methoxy groups -OCH3 is 2. The Morgan fingerprint density at radius 1 is 1.37 bits per heavy atom. The van der Waals surface area contributed by atoms with Crippen LogP contribution in [-0.2, 0) is 0 Å². The topological polar surface area (TPSA) is 39.7 Å². The van der Waals surface area contributed by atoms with Crippen LogP contribution in [0.1, 0.15) is 38.3 Å². The van der Waals surface area contributed by atoms with Crippen molar-refractivity contribution in [2.24, 2.45) is 0 Å². The van der Waals surface area contributed by atoms with Crippen molar-refractivity contribution in [1.82, 2.24) is 5.32 Å². The zero-order valence-electron chi connectivity index (χ0n) is 12.4. The van der Waals surface area contributed by atoms with Crippen LogP contribution in [0.25, 0.3) is 0 Å². The second-order valence-corrected chi connectivity index (χ2v) is 5.17. The summed E-state index contributed by atoms with van der Waals surface area (Å²) in [5.74, 6) is 2.19. The Morgan fingerprint density at radius 3 is 2.63 bits per heavy atom. The normalized spacial score (nSPS) is 25.4. The number of hydrogen-bond donors (Lipinski definition) is 1. The molecule has 0 fully saturated rings.